The molecule has 0 bridgehead atoms. The van der Waals surface area contributed by atoms with Crippen LogP contribution in [-0.4, -0.2) is 45.6 Å². The van der Waals surface area contributed by atoms with E-state index in [-0.39, 0.29) is 24.0 Å². The first-order valence-corrected chi connectivity index (χ1v) is 12.2. The number of nitrogens with zero attached hydrogens (tertiary/aromatic N) is 2. The Bertz CT molecular complexity index is 1350. The van der Waals surface area contributed by atoms with Crippen molar-refractivity contribution in [2.45, 2.75) is 26.3 Å². The molecule has 1 fully saturated rings. The topological polar surface area (TPSA) is 97.7 Å². The number of ether oxygens (including phenoxy) is 1. The Morgan fingerprint density at radius 3 is 2.58 bits per heavy atom. The summed E-state index contributed by atoms with van der Waals surface area (Å²) in [5.74, 6) is -1.90. The van der Waals surface area contributed by atoms with Crippen LogP contribution < -0.4 is 5.32 Å². The van der Waals surface area contributed by atoms with E-state index in [1.54, 1.807) is 16.8 Å². The molecule has 3 aromatic rings. The van der Waals surface area contributed by atoms with Crippen LogP contribution in [-0.2, 0) is 25.7 Å². The predicted molar refractivity (Wildman–Crippen MR) is 136 cm³/mol. The molecule has 0 spiro atoms. The number of unbranched alkanes of at least 4 members (excludes halogenated alkanes) is 1. The maximum absolute atomic E-state index is 13.1. The average molecular weight is 510 g/mol. The molecule has 2 aromatic carbocycles. The highest BCUT2D eigenvalue weighted by Gasteiger charge is 2.36. The number of carbonyl (C=O) groups excluding carboxylic acids is 4. The first kappa shape index (κ1) is 25.2. The van der Waals surface area contributed by atoms with Gasteiger partial charge in [-0.15, -0.1) is 0 Å². The van der Waals surface area contributed by atoms with Crippen molar-refractivity contribution in [1.82, 2.24) is 9.47 Å². The Morgan fingerprint density at radius 2 is 1.83 bits per heavy atom. The van der Waals surface area contributed by atoms with Crippen LogP contribution >= 0.6 is 11.8 Å². The van der Waals surface area contributed by atoms with Crippen molar-refractivity contribution >= 4 is 57.5 Å². The zero-order chi connectivity index (χ0) is 25.7. The Kier molecular flexibility index (Phi) is 7.84. The lowest BCUT2D eigenvalue weighted by Crippen LogP contribution is -2.34. The van der Waals surface area contributed by atoms with E-state index >= 15 is 0 Å². The summed E-state index contributed by atoms with van der Waals surface area (Å²) in [5.41, 5.74) is 1.88. The summed E-state index contributed by atoms with van der Waals surface area (Å²) in [6.45, 7) is 1.76. The smallest absolute Gasteiger partial charge is 0.326 e. The molecule has 1 aliphatic heterocycles. The predicted octanol–water partition coefficient (Wildman–Crippen LogP) is 4.80. The van der Waals surface area contributed by atoms with Gasteiger partial charge < -0.3 is 14.6 Å². The number of thioether (sulfide) groups is 1. The third kappa shape index (κ3) is 5.83. The first-order chi connectivity index (χ1) is 17.4. The van der Waals surface area contributed by atoms with Gasteiger partial charge in [0.25, 0.3) is 11.1 Å². The van der Waals surface area contributed by atoms with Crippen LogP contribution in [0, 0.1) is 5.82 Å². The number of hydrogen-bond acceptors (Lipinski definition) is 6. The molecule has 0 atom stereocenters. The van der Waals surface area contributed by atoms with Crippen LogP contribution in [0.2, 0.25) is 0 Å². The molecule has 0 radical (unpaired) electrons. The lowest BCUT2D eigenvalue weighted by atomic mass is 10.1. The number of nitrogens with one attached hydrogen (secondary N) is 1. The zero-order valence-corrected chi connectivity index (χ0v) is 20.3. The SMILES string of the molecule is CCCCOC(=O)CN1C(=O)S/C(=C\c2cn(CC(=O)Nc3ccc(F)cc3)c3ccccc23)C1=O. The molecule has 1 aliphatic rings. The van der Waals surface area contributed by atoms with E-state index < -0.39 is 29.5 Å². The summed E-state index contributed by atoms with van der Waals surface area (Å²) >= 11 is 0.753. The quantitative estimate of drug-likeness (QED) is 0.253. The second-order valence-electron chi connectivity index (χ2n) is 8.13. The van der Waals surface area contributed by atoms with E-state index in [2.05, 4.69) is 5.32 Å². The van der Waals surface area contributed by atoms with E-state index in [1.807, 2.05) is 31.2 Å². The van der Waals surface area contributed by atoms with Crippen LogP contribution in [0.1, 0.15) is 25.3 Å². The summed E-state index contributed by atoms with van der Waals surface area (Å²) in [5, 5.41) is 2.97. The number of esters is 1. The summed E-state index contributed by atoms with van der Waals surface area (Å²) in [6.07, 6.45) is 4.88. The summed E-state index contributed by atoms with van der Waals surface area (Å²) in [6, 6.07) is 12.8. The van der Waals surface area contributed by atoms with Crippen LogP contribution in [0.4, 0.5) is 14.9 Å². The molecule has 0 aliphatic carbocycles. The number of halogens is 1. The number of para-hydroxylation sites is 1. The van der Waals surface area contributed by atoms with Crippen molar-refractivity contribution < 1.29 is 28.3 Å². The van der Waals surface area contributed by atoms with Crippen LogP contribution in [0.25, 0.3) is 17.0 Å². The molecule has 0 saturated carbocycles. The Hall–Kier alpha value is -3.92. The van der Waals surface area contributed by atoms with Gasteiger partial charge in [-0.1, -0.05) is 31.5 Å². The summed E-state index contributed by atoms with van der Waals surface area (Å²) < 4.78 is 19.9. The standard InChI is InChI=1S/C26H24FN3O5S/c1-2-3-12-35-24(32)16-30-25(33)22(36-26(30)34)13-17-14-29(21-7-5-4-6-20(17)21)15-23(31)28-19-10-8-18(27)9-11-19/h4-11,13-14H,2-3,12,15-16H2,1H3,(H,28,31)/b22-13-. The molecule has 8 nitrogen and oxygen atoms in total. The van der Waals surface area contributed by atoms with Gasteiger partial charge in [0.2, 0.25) is 5.91 Å². The van der Waals surface area contributed by atoms with Gasteiger partial charge in [-0.05, 0) is 54.6 Å². The normalized spacial score (nSPS) is 14.6. The number of imide groups is 1. The fourth-order valence-corrected chi connectivity index (χ4v) is 4.52. The fourth-order valence-electron chi connectivity index (χ4n) is 3.69. The molecular weight excluding hydrogens is 485 g/mol. The number of anilines is 1. The van der Waals surface area contributed by atoms with Gasteiger partial charge in [0, 0.05) is 28.4 Å². The van der Waals surface area contributed by atoms with Gasteiger partial charge in [-0.3, -0.25) is 24.1 Å². The lowest BCUT2D eigenvalue weighted by molar-refractivity contribution is -0.146. The molecule has 0 unspecified atom stereocenters. The highest BCUT2D eigenvalue weighted by Crippen LogP contribution is 2.34. The second kappa shape index (κ2) is 11.2. The van der Waals surface area contributed by atoms with E-state index in [0.717, 1.165) is 34.0 Å². The zero-order valence-electron chi connectivity index (χ0n) is 19.5. The van der Waals surface area contributed by atoms with Gasteiger partial charge in [-0.25, -0.2) is 4.39 Å². The van der Waals surface area contributed by atoms with Gasteiger partial charge in [-0.2, -0.15) is 0 Å². The van der Waals surface area contributed by atoms with Crippen LogP contribution in [0.5, 0.6) is 0 Å². The summed E-state index contributed by atoms with van der Waals surface area (Å²) in [7, 11) is 0. The maximum Gasteiger partial charge on any atom is 0.326 e. The first-order valence-electron chi connectivity index (χ1n) is 11.4. The number of hydrogen-bond donors (Lipinski definition) is 1. The van der Waals surface area contributed by atoms with Crippen LogP contribution in [0.3, 0.4) is 0 Å². The van der Waals surface area contributed by atoms with Crippen molar-refractivity contribution in [2.24, 2.45) is 0 Å². The van der Waals surface area contributed by atoms with Crippen molar-refractivity contribution in [3.63, 3.8) is 0 Å². The van der Waals surface area contributed by atoms with Crippen molar-refractivity contribution in [2.75, 3.05) is 18.5 Å². The molecule has 1 saturated heterocycles. The van der Waals surface area contributed by atoms with Crippen molar-refractivity contribution in [1.29, 1.82) is 0 Å². The van der Waals surface area contributed by atoms with Gasteiger partial charge in [0.05, 0.1) is 11.5 Å². The molecule has 10 heteroatoms. The Morgan fingerprint density at radius 1 is 1.08 bits per heavy atom. The number of fused-ring (bicyclic) bond motifs is 1. The third-order valence-corrected chi connectivity index (χ3v) is 6.38. The average Bonchev–Trinajstić information content (AvgIpc) is 3.32. The number of carbonyl (C=O) groups is 4. The molecule has 36 heavy (non-hydrogen) atoms. The highest BCUT2D eigenvalue weighted by atomic mass is 32.2. The van der Waals surface area contributed by atoms with Crippen molar-refractivity contribution in [3.8, 4) is 0 Å². The Labute approximate surface area is 211 Å². The molecule has 186 valence electrons. The van der Waals surface area contributed by atoms with E-state index in [1.165, 1.54) is 24.3 Å². The Balaban J connectivity index is 1.52. The molecule has 4 rings (SSSR count). The summed E-state index contributed by atoms with van der Waals surface area (Å²) in [4.78, 5) is 50.9. The molecular formula is C26H24FN3O5S. The highest BCUT2D eigenvalue weighted by molar-refractivity contribution is 8.18. The lowest BCUT2D eigenvalue weighted by Gasteiger charge is -2.11. The minimum Gasteiger partial charge on any atom is -0.464 e. The molecule has 3 amide bonds. The molecule has 2 heterocycles. The number of aromatic nitrogens is 1. The van der Waals surface area contributed by atoms with E-state index in [9.17, 15) is 23.6 Å². The monoisotopic (exact) mass is 509 g/mol. The largest absolute Gasteiger partial charge is 0.464 e. The second-order valence-corrected chi connectivity index (χ2v) is 9.12. The third-order valence-electron chi connectivity index (χ3n) is 5.47. The van der Waals surface area contributed by atoms with Crippen LogP contribution in [0.15, 0.2) is 59.6 Å². The molecule has 1 N–H and O–H groups in total. The molecule has 1 aromatic heterocycles. The van der Waals surface area contributed by atoms with E-state index in [4.69, 9.17) is 4.74 Å². The number of rotatable bonds is 9. The van der Waals surface area contributed by atoms with Gasteiger partial charge >= 0.3 is 5.97 Å². The minimum atomic E-state index is -0.629. The maximum atomic E-state index is 13.1. The number of benzene rings is 2. The van der Waals surface area contributed by atoms with E-state index in [0.29, 0.717) is 17.7 Å². The van der Waals surface area contributed by atoms with Crippen molar-refractivity contribution in [3.05, 3.63) is 71.0 Å². The number of amides is 3. The van der Waals surface area contributed by atoms with Gasteiger partial charge in [0.15, 0.2) is 0 Å². The fraction of sp³-hybridized carbons (Fsp3) is 0.231. The van der Waals surface area contributed by atoms with Gasteiger partial charge in [0.1, 0.15) is 18.9 Å². The minimum absolute atomic E-state index is 0.0171.